The third kappa shape index (κ3) is 3.70. The Morgan fingerprint density at radius 1 is 1.33 bits per heavy atom. The maximum Gasteiger partial charge on any atom is 0.353 e. The molecule has 0 atom stereocenters. The number of hydrogen-bond acceptors (Lipinski definition) is 6. The molecule has 1 aromatic carbocycles. The van der Waals surface area contributed by atoms with Crippen molar-refractivity contribution in [1.29, 1.82) is 0 Å². The van der Waals surface area contributed by atoms with Crippen LogP contribution < -0.4 is 15.9 Å². The van der Waals surface area contributed by atoms with E-state index in [1.54, 1.807) is 49.4 Å². The molecule has 10 heteroatoms. The zero-order valence-corrected chi connectivity index (χ0v) is 14.7. The SMILES string of the molecule is C=C(/C=C\C(=C/C)N1C(=O)CC(=O)Nc2ccccc21)n1nnnc1BO. The fraction of sp³-hybridized carbons (Fsp3) is 0.118. The van der Waals surface area contributed by atoms with Gasteiger partial charge in [0.15, 0.2) is 0 Å². The van der Waals surface area contributed by atoms with Crippen LogP contribution in [0, 0.1) is 0 Å². The largest absolute Gasteiger partial charge is 0.447 e. The van der Waals surface area contributed by atoms with Gasteiger partial charge in [0, 0.05) is 5.70 Å². The number of hydrogen-bond donors (Lipinski definition) is 2. The number of tetrazole rings is 1. The number of amides is 2. The molecule has 0 saturated heterocycles. The van der Waals surface area contributed by atoms with Gasteiger partial charge >= 0.3 is 7.48 Å². The number of para-hydroxylation sites is 2. The average molecular weight is 364 g/mol. The highest BCUT2D eigenvalue weighted by atomic mass is 16.2. The molecule has 2 aromatic rings. The molecule has 1 aliphatic heterocycles. The topological polar surface area (TPSA) is 113 Å². The van der Waals surface area contributed by atoms with Crippen LogP contribution in [0.25, 0.3) is 5.70 Å². The lowest BCUT2D eigenvalue weighted by molar-refractivity contribution is -0.124. The van der Waals surface area contributed by atoms with Crippen LogP contribution >= 0.6 is 0 Å². The van der Waals surface area contributed by atoms with Gasteiger partial charge < -0.3 is 10.3 Å². The monoisotopic (exact) mass is 364 g/mol. The van der Waals surface area contributed by atoms with Crippen LogP contribution in [0.5, 0.6) is 0 Å². The third-order valence-electron chi connectivity index (χ3n) is 3.93. The number of carbonyl (C=O) groups is 2. The summed E-state index contributed by atoms with van der Waals surface area (Å²) in [7, 11) is -0.331. The second-order valence-corrected chi connectivity index (χ2v) is 5.67. The lowest BCUT2D eigenvalue weighted by Crippen LogP contribution is -2.30. The summed E-state index contributed by atoms with van der Waals surface area (Å²) in [4.78, 5) is 26.1. The molecular formula is C17H17BN6O3. The highest BCUT2D eigenvalue weighted by Gasteiger charge is 2.27. The molecule has 0 saturated carbocycles. The minimum atomic E-state index is -0.361. The number of allylic oxidation sites excluding steroid dienone is 4. The first-order valence-electron chi connectivity index (χ1n) is 8.18. The Morgan fingerprint density at radius 2 is 2.11 bits per heavy atom. The summed E-state index contributed by atoms with van der Waals surface area (Å²) >= 11 is 0. The van der Waals surface area contributed by atoms with Crippen LogP contribution in [0.4, 0.5) is 11.4 Å². The Balaban J connectivity index is 1.94. The third-order valence-corrected chi connectivity index (χ3v) is 3.93. The van der Waals surface area contributed by atoms with Crippen molar-refractivity contribution in [1.82, 2.24) is 20.2 Å². The zero-order valence-electron chi connectivity index (χ0n) is 14.7. The van der Waals surface area contributed by atoms with E-state index in [0.29, 0.717) is 22.8 Å². The first-order valence-corrected chi connectivity index (χ1v) is 8.18. The maximum absolute atomic E-state index is 12.7. The van der Waals surface area contributed by atoms with Gasteiger partial charge in [0.2, 0.25) is 11.8 Å². The molecule has 1 aliphatic rings. The van der Waals surface area contributed by atoms with Gasteiger partial charge in [-0.15, -0.1) is 5.10 Å². The minimum Gasteiger partial charge on any atom is -0.447 e. The molecule has 0 bridgehead atoms. The number of benzene rings is 1. The number of fused-ring (bicyclic) bond motifs is 1. The smallest absolute Gasteiger partial charge is 0.353 e. The molecule has 2 N–H and O–H groups in total. The van der Waals surface area contributed by atoms with E-state index in [-0.39, 0.29) is 31.4 Å². The molecule has 27 heavy (non-hydrogen) atoms. The molecule has 0 fully saturated rings. The molecular weight excluding hydrogens is 347 g/mol. The highest BCUT2D eigenvalue weighted by molar-refractivity contribution is 6.43. The Hall–Kier alpha value is -3.53. The van der Waals surface area contributed by atoms with E-state index in [0.717, 1.165) is 0 Å². The molecule has 0 aliphatic carbocycles. The van der Waals surface area contributed by atoms with E-state index in [9.17, 15) is 14.6 Å². The van der Waals surface area contributed by atoms with Gasteiger partial charge in [0.25, 0.3) is 0 Å². The Bertz CT molecular complexity index is 965. The van der Waals surface area contributed by atoms with Crippen molar-refractivity contribution in [3.8, 4) is 0 Å². The van der Waals surface area contributed by atoms with Crippen LogP contribution in [-0.2, 0) is 9.59 Å². The lowest BCUT2D eigenvalue weighted by Gasteiger charge is -2.23. The van der Waals surface area contributed by atoms with Gasteiger partial charge in [-0.2, -0.15) is 0 Å². The molecule has 1 aromatic heterocycles. The molecule has 9 nitrogen and oxygen atoms in total. The maximum atomic E-state index is 12.7. The summed E-state index contributed by atoms with van der Waals surface area (Å²) in [6, 6.07) is 7.08. The molecule has 136 valence electrons. The second kappa shape index (κ2) is 7.79. The fourth-order valence-electron chi connectivity index (χ4n) is 2.68. The Morgan fingerprint density at radius 3 is 2.85 bits per heavy atom. The average Bonchev–Trinajstić information content (AvgIpc) is 3.09. The van der Waals surface area contributed by atoms with Crippen molar-refractivity contribution in [2.24, 2.45) is 0 Å². The van der Waals surface area contributed by atoms with Crippen LogP contribution in [0.3, 0.4) is 0 Å². The zero-order chi connectivity index (χ0) is 19.4. The van der Waals surface area contributed by atoms with Crippen molar-refractivity contribution in [2.75, 3.05) is 10.2 Å². The van der Waals surface area contributed by atoms with Gasteiger partial charge in [-0.25, -0.2) is 4.68 Å². The Labute approximate surface area is 155 Å². The van der Waals surface area contributed by atoms with E-state index >= 15 is 0 Å². The first-order chi connectivity index (χ1) is 13.0. The van der Waals surface area contributed by atoms with Crippen LogP contribution in [-0.4, -0.2) is 44.5 Å². The summed E-state index contributed by atoms with van der Waals surface area (Å²) in [6.45, 7) is 5.66. The van der Waals surface area contributed by atoms with Gasteiger partial charge in [0.05, 0.1) is 17.1 Å². The summed E-state index contributed by atoms with van der Waals surface area (Å²) in [6.07, 6.45) is 4.79. The van der Waals surface area contributed by atoms with E-state index in [1.807, 2.05) is 0 Å². The highest BCUT2D eigenvalue weighted by Crippen LogP contribution is 2.32. The quantitative estimate of drug-likeness (QED) is 0.437. The summed E-state index contributed by atoms with van der Waals surface area (Å²) in [5, 5.41) is 22.9. The predicted octanol–water partition coefficient (Wildman–Crippen LogP) is -0.0517. The number of nitrogens with zero attached hydrogens (tertiary/aromatic N) is 5. The van der Waals surface area contributed by atoms with Gasteiger partial charge in [-0.1, -0.05) is 24.8 Å². The number of rotatable bonds is 5. The summed E-state index contributed by atoms with van der Waals surface area (Å²) in [5.74, 6) is -0.709. The molecule has 2 heterocycles. The van der Waals surface area contributed by atoms with Gasteiger partial charge in [-0.3, -0.25) is 14.5 Å². The number of anilines is 2. The standard InChI is InChI=1S/C17H17BN6O3/c1-3-12(9-8-11(2)24-17(18-27)20-21-22-24)23-14-7-5-4-6-13(14)19-15(25)10-16(23)26/h3-9,18,27H,2,10H2,1H3,(H,19,25)/b9-8-,12-3+. The van der Waals surface area contributed by atoms with E-state index in [2.05, 4.69) is 27.4 Å². The molecule has 0 spiro atoms. The van der Waals surface area contributed by atoms with Crippen molar-refractivity contribution in [3.63, 3.8) is 0 Å². The molecule has 0 radical (unpaired) electrons. The second-order valence-electron chi connectivity index (χ2n) is 5.67. The lowest BCUT2D eigenvalue weighted by atomic mass is 10.0. The van der Waals surface area contributed by atoms with Crippen molar-refractivity contribution in [2.45, 2.75) is 13.3 Å². The Kier molecular flexibility index (Phi) is 5.27. The van der Waals surface area contributed by atoms with E-state index in [4.69, 9.17) is 0 Å². The number of carbonyl (C=O) groups excluding carboxylic acids is 2. The van der Waals surface area contributed by atoms with Crippen LogP contribution in [0.1, 0.15) is 13.3 Å². The number of aromatic nitrogens is 4. The van der Waals surface area contributed by atoms with Gasteiger partial charge in [0.1, 0.15) is 12.1 Å². The normalized spacial score (nSPS) is 14.7. The van der Waals surface area contributed by atoms with Crippen molar-refractivity contribution >= 4 is 42.1 Å². The van der Waals surface area contributed by atoms with Crippen LogP contribution in [0.2, 0.25) is 0 Å². The van der Waals surface area contributed by atoms with Crippen molar-refractivity contribution < 1.29 is 14.6 Å². The van der Waals surface area contributed by atoms with Crippen molar-refractivity contribution in [3.05, 3.63) is 54.8 Å². The van der Waals surface area contributed by atoms with Crippen LogP contribution in [0.15, 0.2) is 54.8 Å². The first kappa shape index (κ1) is 18.3. The minimum absolute atomic E-state index is 0.248. The molecule has 2 amide bonds. The fourth-order valence-corrected chi connectivity index (χ4v) is 2.68. The predicted molar refractivity (Wildman–Crippen MR) is 102 cm³/mol. The molecule has 0 unspecified atom stereocenters. The summed E-state index contributed by atoms with van der Waals surface area (Å²) < 4.78 is 1.30. The van der Waals surface area contributed by atoms with E-state index < -0.39 is 0 Å². The molecule has 3 rings (SSSR count). The van der Waals surface area contributed by atoms with Gasteiger partial charge in [-0.05, 0) is 41.6 Å². The van der Waals surface area contributed by atoms with E-state index in [1.165, 1.54) is 9.58 Å². The summed E-state index contributed by atoms with van der Waals surface area (Å²) in [5.41, 5.74) is 2.35. The number of nitrogens with one attached hydrogen (secondary N) is 1.